The third-order valence-electron chi connectivity index (χ3n) is 5.05. The van der Waals surface area contributed by atoms with Crippen molar-refractivity contribution in [1.82, 2.24) is 20.4 Å². The number of aromatic nitrogens is 2. The molecular formula is C17H22N4O2S. The number of aryl methyl sites for hydroxylation is 1. The Balaban J connectivity index is 1.43. The van der Waals surface area contributed by atoms with E-state index < -0.39 is 5.54 Å². The maximum atomic E-state index is 12.7. The SMILES string of the molecule is Cc1nc(C2(NC(=O)CN3CCc4sccc4C3)CCCC2)no1. The van der Waals surface area contributed by atoms with E-state index >= 15 is 0 Å². The number of hydrogen-bond acceptors (Lipinski definition) is 6. The molecule has 24 heavy (non-hydrogen) atoms. The van der Waals surface area contributed by atoms with Crippen molar-refractivity contribution in [3.8, 4) is 0 Å². The molecule has 3 heterocycles. The molecule has 1 N–H and O–H groups in total. The zero-order valence-electron chi connectivity index (χ0n) is 13.9. The van der Waals surface area contributed by atoms with Gasteiger partial charge in [0.05, 0.1) is 6.54 Å². The van der Waals surface area contributed by atoms with Gasteiger partial charge in [0.25, 0.3) is 0 Å². The summed E-state index contributed by atoms with van der Waals surface area (Å²) in [5, 5.41) is 9.44. The van der Waals surface area contributed by atoms with Crippen molar-refractivity contribution < 1.29 is 9.32 Å². The molecule has 0 bridgehead atoms. The maximum absolute atomic E-state index is 12.7. The summed E-state index contributed by atoms with van der Waals surface area (Å²) >= 11 is 1.82. The Morgan fingerprint density at radius 2 is 2.29 bits per heavy atom. The first kappa shape index (κ1) is 15.8. The van der Waals surface area contributed by atoms with Crippen LogP contribution in [0.3, 0.4) is 0 Å². The number of nitrogens with one attached hydrogen (secondary N) is 1. The third-order valence-corrected chi connectivity index (χ3v) is 6.07. The van der Waals surface area contributed by atoms with Crippen LogP contribution in [0.2, 0.25) is 0 Å². The summed E-state index contributed by atoms with van der Waals surface area (Å²) in [6.45, 7) is 4.01. The molecule has 0 aromatic carbocycles. The van der Waals surface area contributed by atoms with E-state index in [-0.39, 0.29) is 5.91 Å². The Morgan fingerprint density at radius 3 is 3.04 bits per heavy atom. The number of rotatable bonds is 4. The molecule has 0 saturated heterocycles. The minimum absolute atomic E-state index is 0.0537. The first-order valence-corrected chi connectivity index (χ1v) is 9.42. The Hall–Kier alpha value is -1.73. The van der Waals surface area contributed by atoms with Crippen LogP contribution in [0.5, 0.6) is 0 Å². The Bertz CT molecular complexity index is 733. The van der Waals surface area contributed by atoms with E-state index in [9.17, 15) is 4.79 Å². The standard InChI is InChI=1S/C17H22N4O2S/c1-12-18-16(20-23-12)17(6-2-3-7-17)19-15(22)11-21-8-4-14-13(10-21)5-9-24-14/h5,9H,2-4,6-8,10-11H2,1H3,(H,19,22). The van der Waals surface area contributed by atoms with Gasteiger partial charge in [0.2, 0.25) is 11.8 Å². The highest BCUT2D eigenvalue weighted by Gasteiger charge is 2.41. The molecular weight excluding hydrogens is 324 g/mol. The monoisotopic (exact) mass is 346 g/mol. The van der Waals surface area contributed by atoms with Gasteiger partial charge in [-0.3, -0.25) is 9.69 Å². The van der Waals surface area contributed by atoms with Gasteiger partial charge in [-0.25, -0.2) is 0 Å². The number of carbonyl (C=O) groups excluding carboxylic acids is 1. The fraction of sp³-hybridized carbons (Fsp3) is 0.588. The van der Waals surface area contributed by atoms with E-state index in [1.165, 1.54) is 10.4 Å². The lowest BCUT2D eigenvalue weighted by Gasteiger charge is -2.30. The van der Waals surface area contributed by atoms with Gasteiger partial charge in [0, 0.05) is 24.9 Å². The molecule has 128 valence electrons. The number of carbonyl (C=O) groups is 1. The van der Waals surface area contributed by atoms with E-state index in [1.54, 1.807) is 6.92 Å². The maximum Gasteiger partial charge on any atom is 0.234 e. The van der Waals surface area contributed by atoms with Crippen LogP contribution in [0.15, 0.2) is 16.0 Å². The van der Waals surface area contributed by atoms with Gasteiger partial charge in [0.1, 0.15) is 5.54 Å². The summed E-state index contributed by atoms with van der Waals surface area (Å²) < 4.78 is 5.14. The van der Waals surface area contributed by atoms with Crippen molar-refractivity contribution in [1.29, 1.82) is 0 Å². The molecule has 1 aliphatic heterocycles. The van der Waals surface area contributed by atoms with Crippen LogP contribution in [0, 0.1) is 6.92 Å². The second-order valence-electron chi connectivity index (χ2n) is 6.80. The van der Waals surface area contributed by atoms with Gasteiger partial charge in [-0.2, -0.15) is 4.98 Å². The largest absolute Gasteiger partial charge is 0.342 e. The summed E-state index contributed by atoms with van der Waals surface area (Å²) in [5.74, 6) is 1.23. The lowest BCUT2D eigenvalue weighted by atomic mass is 9.96. The molecule has 2 aromatic heterocycles. The van der Waals surface area contributed by atoms with Gasteiger partial charge < -0.3 is 9.84 Å². The smallest absolute Gasteiger partial charge is 0.234 e. The zero-order valence-corrected chi connectivity index (χ0v) is 14.7. The molecule has 1 saturated carbocycles. The van der Waals surface area contributed by atoms with E-state index in [1.807, 2.05) is 11.3 Å². The summed E-state index contributed by atoms with van der Waals surface area (Å²) in [5.41, 5.74) is 0.918. The van der Waals surface area contributed by atoms with Crippen molar-refractivity contribution in [3.63, 3.8) is 0 Å². The zero-order chi connectivity index (χ0) is 16.6. The van der Waals surface area contributed by atoms with Crippen LogP contribution in [0.4, 0.5) is 0 Å². The lowest BCUT2D eigenvalue weighted by Crippen LogP contribution is -2.49. The van der Waals surface area contributed by atoms with E-state index in [4.69, 9.17) is 4.52 Å². The molecule has 7 heteroatoms. The molecule has 1 aliphatic carbocycles. The highest BCUT2D eigenvalue weighted by molar-refractivity contribution is 7.10. The van der Waals surface area contributed by atoms with E-state index in [2.05, 4.69) is 31.8 Å². The Labute approximate surface area is 145 Å². The lowest BCUT2D eigenvalue weighted by molar-refractivity contribution is -0.124. The normalized spacial score (nSPS) is 20.0. The fourth-order valence-corrected chi connectivity index (χ4v) is 4.72. The van der Waals surface area contributed by atoms with Crippen molar-refractivity contribution in [2.45, 2.75) is 51.1 Å². The number of amides is 1. The molecule has 2 aliphatic rings. The predicted molar refractivity (Wildman–Crippen MR) is 90.6 cm³/mol. The van der Waals surface area contributed by atoms with Crippen molar-refractivity contribution in [2.24, 2.45) is 0 Å². The minimum atomic E-state index is -0.446. The average Bonchev–Trinajstić information content (AvgIpc) is 3.27. The number of thiophene rings is 1. The predicted octanol–water partition coefficient (Wildman–Crippen LogP) is 2.38. The van der Waals surface area contributed by atoms with Crippen LogP contribution < -0.4 is 5.32 Å². The molecule has 6 nitrogen and oxygen atoms in total. The van der Waals surface area contributed by atoms with Crippen molar-refractivity contribution in [2.75, 3.05) is 13.1 Å². The van der Waals surface area contributed by atoms with Crippen LogP contribution in [0.25, 0.3) is 0 Å². The Morgan fingerprint density at radius 1 is 1.46 bits per heavy atom. The second-order valence-corrected chi connectivity index (χ2v) is 7.80. The minimum Gasteiger partial charge on any atom is -0.342 e. The quantitative estimate of drug-likeness (QED) is 0.920. The number of hydrogen-bond donors (Lipinski definition) is 1. The van der Waals surface area contributed by atoms with Crippen LogP contribution in [0.1, 0.15) is 47.8 Å². The highest BCUT2D eigenvalue weighted by atomic mass is 32.1. The molecule has 0 spiro atoms. The molecule has 0 radical (unpaired) electrons. The van der Waals surface area contributed by atoms with Gasteiger partial charge in [-0.05, 0) is 36.3 Å². The van der Waals surface area contributed by atoms with Crippen LogP contribution >= 0.6 is 11.3 Å². The summed E-state index contributed by atoms with van der Waals surface area (Å²) in [7, 11) is 0. The fourth-order valence-electron chi connectivity index (χ4n) is 3.83. The van der Waals surface area contributed by atoms with E-state index in [0.29, 0.717) is 18.3 Å². The van der Waals surface area contributed by atoms with Crippen molar-refractivity contribution in [3.05, 3.63) is 33.6 Å². The number of nitrogens with zero attached hydrogens (tertiary/aromatic N) is 3. The van der Waals surface area contributed by atoms with Gasteiger partial charge in [-0.1, -0.05) is 18.0 Å². The summed E-state index contributed by atoms with van der Waals surface area (Å²) in [6.07, 6.45) is 4.96. The second kappa shape index (κ2) is 6.29. The van der Waals surface area contributed by atoms with Crippen LogP contribution in [-0.2, 0) is 23.3 Å². The number of fused-ring (bicyclic) bond motifs is 1. The Kier molecular flexibility index (Phi) is 4.14. The topological polar surface area (TPSA) is 71.3 Å². The van der Waals surface area contributed by atoms with Crippen LogP contribution in [-0.4, -0.2) is 34.0 Å². The first-order chi connectivity index (χ1) is 11.6. The molecule has 1 fully saturated rings. The van der Waals surface area contributed by atoms with Gasteiger partial charge in [0.15, 0.2) is 5.82 Å². The van der Waals surface area contributed by atoms with Gasteiger partial charge >= 0.3 is 0 Å². The molecule has 0 unspecified atom stereocenters. The highest BCUT2D eigenvalue weighted by Crippen LogP contribution is 2.37. The third kappa shape index (κ3) is 2.98. The summed E-state index contributed by atoms with van der Waals surface area (Å²) in [4.78, 5) is 20.7. The van der Waals surface area contributed by atoms with Gasteiger partial charge in [-0.15, -0.1) is 11.3 Å². The first-order valence-electron chi connectivity index (χ1n) is 8.54. The summed E-state index contributed by atoms with van der Waals surface area (Å²) in [6, 6.07) is 2.17. The molecule has 2 aromatic rings. The average molecular weight is 346 g/mol. The molecule has 1 amide bonds. The molecule has 0 atom stereocenters. The van der Waals surface area contributed by atoms with Crippen molar-refractivity contribution >= 4 is 17.2 Å². The molecule has 4 rings (SSSR count). The van der Waals surface area contributed by atoms with E-state index in [0.717, 1.165) is 45.2 Å².